The second-order valence-corrected chi connectivity index (χ2v) is 9.84. The summed E-state index contributed by atoms with van der Waals surface area (Å²) in [6.45, 7) is 1.91. The number of primary amides is 1. The Morgan fingerprint density at radius 2 is 1.54 bits per heavy atom. The lowest BCUT2D eigenvalue weighted by Crippen LogP contribution is -2.67. The van der Waals surface area contributed by atoms with E-state index in [9.17, 15) is 14.7 Å². The number of amides is 1. The molecule has 4 aliphatic rings. The third-order valence-corrected chi connectivity index (χ3v) is 8.09. The minimum Gasteiger partial charge on any atom is -0.453 e. The molecule has 4 heterocycles. The van der Waals surface area contributed by atoms with Crippen molar-refractivity contribution in [2.45, 2.75) is 30.6 Å². The minimum atomic E-state index is -1.88. The molecule has 2 atom stereocenters. The van der Waals surface area contributed by atoms with Gasteiger partial charge in [0.25, 0.3) is 5.91 Å². The Balaban J connectivity index is 1.33. The summed E-state index contributed by atoms with van der Waals surface area (Å²) >= 11 is 0. The number of ether oxygens (including phenoxy) is 1. The van der Waals surface area contributed by atoms with E-state index in [2.05, 4.69) is 9.97 Å². The van der Waals surface area contributed by atoms with Crippen molar-refractivity contribution in [1.29, 1.82) is 0 Å². The molecule has 35 heavy (non-hydrogen) atoms. The molecule has 2 aromatic carbocycles. The second kappa shape index (κ2) is 7.96. The summed E-state index contributed by atoms with van der Waals surface area (Å²) in [5.41, 5.74) is 6.71. The molecular weight excluding hydrogens is 444 g/mol. The van der Waals surface area contributed by atoms with Gasteiger partial charge >= 0.3 is 5.97 Å². The van der Waals surface area contributed by atoms with Crippen LogP contribution in [0.4, 0.5) is 0 Å². The van der Waals surface area contributed by atoms with E-state index in [4.69, 9.17) is 10.5 Å². The molecular formula is C27H27N4O4+. The number of nitrogens with zero attached hydrogens (tertiary/aromatic N) is 3. The lowest BCUT2D eigenvalue weighted by molar-refractivity contribution is -0.965. The maximum absolute atomic E-state index is 13.7. The second-order valence-electron chi connectivity index (χ2n) is 9.84. The van der Waals surface area contributed by atoms with Gasteiger partial charge in [0.1, 0.15) is 6.54 Å². The van der Waals surface area contributed by atoms with Gasteiger partial charge in [0.2, 0.25) is 11.6 Å². The van der Waals surface area contributed by atoms with E-state index in [-0.39, 0.29) is 5.92 Å². The van der Waals surface area contributed by atoms with Crippen LogP contribution in [-0.4, -0.2) is 57.2 Å². The van der Waals surface area contributed by atoms with E-state index in [1.807, 2.05) is 36.4 Å². The summed E-state index contributed by atoms with van der Waals surface area (Å²) < 4.78 is 6.48. The first kappa shape index (κ1) is 21.9. The molecule has 0 radical (unpaired) electrons. The Morgan fingerprint density at radius 1 is 0.971 bits per heavy atom. The van der Waals surface area contributed by atoms with E-state index >= 15 is 0 Å². The van der Waals surface area contributed by atoms with Gasteiger partial charge in [-0.25, -0.2) is 14.8 Å². The molecule has 3 fully saturated rings. The first-order chi connectivity index (χ1) is 16.9. The molecule has 3 saturated heterocycles. The van der Waals surface area contributed by atoms with Crippen LogP contribution in [0.15, 0.2) is 67.0 Å². The molecule has 1 unspecified atom stereocenters. The van der Waals surface area contributed by atoms with Gasteiger partial charge in [-0.05, 0) is 17.2 Å². The Kier molecular flexibility index (Phi) is 4.98. The number of hydrogen-bond acceptors (Lipinski definition) is 6. The zero-order valence-electron chi connectivity index (χ0n) is 19.2. The fourth-order valence-electron chi connectivity index (χ4n) is 6.41. The molecule has 1 aromatic heterocycles. The number of aliphatic hydroxyl groups is 1. The lowest BCUT2D eigenvalue weighted by atomic mass is 9.81. The van der Waals surface area contributed by atoms with Crippen molar-refractivity contribution in [3.05, 3.63) is 83.9 Å². The molecule has 0 saturated carbocycles. The Morgan fingerprint density at radius 3 is 2.11 bits per heavy atom. The highest BCUT2D eigenvalue weighted by Crippen LogP contribution is 2.49. The number of nitrogens with two attached hydrogens (primary N) is 1. The van der Waals surface area contributed by atoms with Crippen LogP contribution < -0.4 is 5.73 Å². The Labute approximate surface area is 203 Å². The molecule has 0 spiro atoms. The van der Waals surface area contributed by atoms with Gasteiger partial charge in [0.05, 0.1) is 13.1 Å². The topological polar surface area (TPSA) is 115 Å². The van der Waals surface area contributed by atoms with Crippen LogP contribution in [0.5, 0.6) is 0 Å². The Hall–Kier alpha value is -3.62. The smallest absolute Gasteiger partial charge is 0.348 e. The van der Waals surface area contributed by atoms with Gasteiger partial charge in [0.15, 0.2) is 11.9 Å². The number of fused-ring (bicyclic) bond motifs is 6. The van der Waals surface area contributed by atoms with Crippen molar-refractivity contribution in [1.82, 2.24) is 9.97 Å². The number of carbonyl (C=O) groups is 2. The summed E-state index contributed by atoms with van der Waals surface area (Å²) in [5.74, 6) is -0.611. The van der Waals surface area contributed by atoms with E-state index in [1.165, 1.54) is 0 Å². The maximum Gasteiger partial charge on any atom is 0.348 e. The van der Waals surface area contributed by atoms with Crippen LogP contribution in [0, 0.1) is 5.92 Å². The number of quaternary nitrogens is 1. The molecule has 1 aliphatic carbocycles. The van der Waals surface area contributed by atoms with Crippen molar-refractivity contribution in [2.24, 2.45) is 11.7 Å². The zero-order valence-corrected chi connectivity index (χ0v) is 19.2. The predicted molar refractivity (Wildman–Crippen MR) is 126 cm³/mol. The van der Waals surface area contributed by atoms with Crippen LogP contribution in [0.2, 0.25) is 0 Å². The zero-order chi connectivity index (χ0) is 24.2. The molecule has 3 aliphatic heterocycles. The lowest BCUT2D eigenvalue weighted by Gasteiger charge is -2.54. The van der Waals surface area contributed by atoms with E-state index < -0.39 is 29.6 Å². The molecule has 3 aromatic rings. The fraction of sp³-hybridized carbons (Fsp3) is 0.333. The van der Waals surface area contributed by atoms with Crippen molar-refractivity contribution < 1.29 is 23.9 Å². The third kappa shape index (κ3) is 3.20. The number of aromatic nitrogens is 2. The highest BCUT2D eigenvalue weighted by Gasteiger charge is 2.56. The third-order valence-electron chi connectivity index (χ3n) is 8.09. The summed E-state index contributed by atoms with van der Waals surface area (Å²) in [7, 11) is 0. The highest BCUT2D eigenvalue weighted by atomic mass is 16.6. The summed E-state index contributed by atoms with van der Waals surface area (Å²) in [6.07, 6.45) is 4.35. The van der Waals surface area contributed by atoms with Crippen molar-refractivity contribution in [2.75, 3.05) is 19.6 Å². The van der Waals surface area contributed by atoms with E-state index in [1.54, 1.807) is 30.6 Å². The summed E-state index contributed by atoms with van der Waals surface area (Å²) in [5, 5.41) is 11.8. The fourth-order valence-corrected chi connectivity index (χ4v) is 6.41. The number of hydrogen-bond donors (Lipinski definition) is 2. The van der Waals surface area contributed by atoms with Gasteiger partial charge in [0, 0.05) is 42.3 Å². The number of benzene rings is 2. The first-order valence-electron chi connectivity index (χ1n) is 12.0. The number of esters is 1. The van der Waals surface area contributed by atoms with Crippen molar-refractivity contribution in [3.8, 4) is 11.1 Å². The molecule has 3 N–H and O–H groups in total. The normalized spacial score (nSPS) is 26.4. The van der Waals surface area contributed by atoms with E-state index in [0.29, 0.717) is 28.0 Å². The number of carbonyl (C=O) groups excluding carboxylic acids is 2. The van der Waals surface area contributed by atoms with Gasteiger partial charge in [-0.1, -0.05) is 48.5 Å². The predicted octanol–water partition coefficient (Wildman–Crippen LogP) is 2.07. The van der Waals surface area contributed by atoms with Gasteiger partial charge in [-0.2, -0.15) is 0 Å². The maximum atomic E-state index is 13.7. The standard InChI is InChI=1S/C27H26N4O4/c28-24(32)23(25-29-12-5-13-30-25)31-14-10-17(11-15-31)22(16-31)35-26(33)27(34)20-8-3-1-6-18(20)19-7-2-4-9-21(19)27/h1-9,12-13,17,22-23,34H,10-11,14-16H2,(H-,28,32)/p+1/t17?,22-,23?,31?/m0/s1. The van der Waals surface area contributed by atoms with E-state index in [0.717, 1.165) is 37.1 Å². The van der Waals surface area contributed by atoms with Crippen LogP contribution in [0.25, 0.3) is 11.1 Å². The highest BCUT2D eigenvalue weighted by molar-refractivity contribution is 5.96. The Bertz CT molecular complexity index is 1260. The minimum absolute atomic E-state index is 0.166. The first-order valence-corrected chi connectivity index (χ1v) is 12.0. The van der Waals surface area contributed by atoms with Crippen LogP contribution >= 0.6 is 0 Å². The van der Waals surface area contributed by atoms with Crippen molar-refractivity contribution >= 4 is 11.9 Å². The molecule has 178 valence electrons. The largest absolute Gasteiger partial charge is 0.453 e. The summed E-state index contributed by atoms with van der Waals surface area (Å²) in [6, 6.07) is 15.8. The van der Waals surface area contributed by atoms with Gasteiger partial charge in [-0.3, -0.25) is 4.79 Å². The van der Waals surface area contributed by atoms with Crippen molar-refractivity contribution in [3.63, 3.8) is 0 Å². The number of piperidine rings is 3. The van der Waals surface area contributed by atoms with Gasteiger partial charge < -0.3 is 20.1 Å². The molecule has 8 nitrogen and oxygen atoms in total. The average Bonchev–Trinajstić information content (AvgIpc) is 3.15. The monoisotopic (exact) mass is 471 g/mol. The molecule has 7 rings (SSSR count). The molecule has 2 bridgehead atoms. The molecule has 8 heteroatoms. The SMILES string of the molecule is NC(=O)C(c1ncccn1)[N+]12CCC(CC1)[C@@H](OC(=O)C1(O)c3ccccc3-c3ccccc31)C2. The number of rotatable bonds is 5. The summed E-state index contributed by atoms with van der Waals surface area (Å²) in [4.78, 5) is 35.0. The van der Waals surface area contributed by atoms with Crippen LogP contribution in [0.3, 0.4) is 0 Å². The van der Waals surface area contributed by atoms with Gasteiger partial charge in [-0.15, -0.1) is 0 Å². The van der Waals surface area contributed by atoms with Crippen LogP contribution in [-0.2, 0) is 19.9 Å². The quantitative estimate of drug-likeness (QED) is 0.435. The van der Waals surface area contributed by atoms with Crippen LogP contribution in [0.1, 0.15) is 35.8 Å². The average molecular weight is 472 g/mol. The molecule has 1 amide bonds.